The number of hydrogen-bond acceptors (Lipinski definition) is 2. The van der Waals surface area contributed by atoms with Crippen molar-refractivity contribution in [3.8, 4) is 0 Å². The Morgan fingerprint density at radius 3 is 3.12 bits per heavy atom. The van der Waals surface area contributed by atoms with Crippen molar-refractivity contribution in [2.75, 3.05) is 5.32 Å². The molecule has 0 aromatic carbocycles. The summed E-state index contributed by atoms with van der Waals surface area (Å²) in [5.74, 6) is -0.199. The number of amides is 1. The molecule has 0 atom stereocenters. The van der Waals surface area contributed by atoms with Gasteiger partial charge in [-0.3, -0.25) is 9.89 Å². The summed E-state index contributed by atoms with van der Waals surface area (Å²) in [4.78, 5) is 11.9. The number of halogens is 1. The molecule has 84 valence electrons. The van der Waals surface area contributed by atoms with Crippen LogP contribution in [-0.2, 0) is 6.54 Å². The molecular formula is C10H11ClN4O. The fraction of sp³-hybridized carbons (Fsp3) is 0.200. The summed E-state index contributed by atoms with van der Waals surface area (Å²) < 4.78 is 1.79. The van der Waals surface area contributed by atoms with Gasteiger partial charge in [-0.1, -0.05) is 11.6 Å². The molecular weight excluding hydrogens is 228 g/mol. The van der Waals surface area contributed by atoms with Crippen molar-refractivity contribution < 1.29 is 4.79 Å². The van der Waals surface area contributed by atoms with Crippen LogP contribution in [0.25, 0.3) is 0 Å². The molecule has 0 bridgehead atoms. The molecule has 6 heteroatoms. The predicted molar refractivity (Wildman–Crippen MR) is 61.7 cm³/mol. The quantitative estimate of drug-likeness (QED) is 0.861. The molecule has 0 saturated carbocycles. The summed E-state index contributed by atoms with van der Waals surface area (Å²) in [7, 11) is 0. The summed E-state index contributed by atoms with van der Waals surface area (Å²) in [6.07, 6.45) is 4.88. The summed E-state index contributed by atoms with van der Waals surface area (Å²) in [6, 6.07) is 1.64. The highest BCUT2D eigenvalue weighted by molar-refractivity contribution is 6.31. The number of aromatic nitrogens is 3. The van der Waals surface area contributed by atoms with E-state index in [1.165, 1.54) is 0 Å². The van der Waals surface area contributed by atoms with Crippen LogP contribution in [0.3, 0.4) is 0 Å². The van der Waals surface area contributed by atoms with Gasteiger partial charge < -0.3 is 9.88 Å². The van der Waals surface area contributed by atoms with Gasteiger partial charge in [0.15, 0.2) is 0 Å². The van der Waals surface area contributed by atoms with Crippen molar-refractivity contribution in [2.24, 2.45) is 0 Å². The Bertz CT molecular complexity index is 489. The number of rotatable bonds is 3. The highest BCUT2D eigenvalue weighted by Crippen LogP contribution is 2.15. The van der Waals surface area contributed by atoms with Crippen molar-refractivity contribution in [1.82, 2.24) is 14.8 Å². The number of hydrogen-bond donors (Lipinski definition) is 2. The number of anilines is 1. The minimum absolute atomic E-state index is 0.199. The molecule has 2 rings (SSSR count). The second-order valence-electron chi connectivity index (χ2n) is 3.27. The lowest BCUT2D eigenvalue weighted by atomic mass is 10.4. The molecule has 2 aromatic heterocycles. The fourth-order valence-electron chi connectivity index (χ4n) is 1.44. The monoisotopic (exact) mass is 238 g/mol. The van der Waals surface area contributed by atoms with Gasteiger partial charge in [0.25, 0.3) is 5.91 Å². The van der Waals surface area contributed by atoms with E-state index in [4.69, 9.17) is 11.6 Å². The van der Waals surface area contributed by atoms with Gasteiger partial charge in [0, 0.05) is 18.9 Å². The van der Waals surface area contributed by atoms with E-state index in [-0.39, 0.29) is 5.91 Å². The molecule has 2 aromatic rings. The Kier molecular flexibility index (Phi) is 2.96. The van der Waals surface area contributed by atoms with Crippen LogP contribution in [-0.4, -0.2) is 20.7 Å². The van der Waals surface area contributed by atoms with Crippen molar-refractivity contribution in [2.45, 2.75) is 13.5 Å². The van der Waals surface area contributed by atoms with Crippen molar-refractivity contribution in [3.63, 3.8) is 0 Å². The Labute approximate surface area is 97.4 Å². The van der Waals surface area contributed by atoms with E-state index >= 15 is 0 Å². The molecule has 0 aliphatic rings. The largest absolute Gasteiger partial charge is 0.342 e. The zero-order valence-corrected chi connectivity index (χ0v) is 9.45. The van der Waals surface area contributed by atoms with Crippen molar-refractivity contribution >= 4 is 23.2 Å². The second kappa shape index (κ2) is 4.40. The Morgan fingerprint density at radius 1 is 1.69 bits per heavy atom. The zero-order valence-electron chi connectivity index (χ0n) is 8.70. The average Bonchev–Trinajstić information content (AvgIpc) is 2.86. The number of aromatic amines is 1. The van der Waals surface area contributed by atoms with Gasteiger partial charge in [-0.2, -0.15) is 5.10 Å². The van der Waals surface area contributed by atoms with Crippen molar-refractivity contribution in [1.29, 1.82) is 0 Å². The number of nitrogens with one attached hydrogen (secondary N) is 2. The Balaban J connectivity index is 2.20. The van der Waals surface area contributed by atoms with Gasteiger partial charge in [-0.15, -0.1) is 0 Å². The SMILES string of the molecule is CCn1cc(Cl)cc1C(=O)Nc1cn[nH]c1. The fourth-order valence-corrected chi connectivity index (χ4v) is 1.66. The first kappa shape index (κ1) is 10.8. The molecule has 0 aliphatic heterocycles. The van der Waals surface area contributed by atoms with E-state index in [0.29, 0.717) is 22.9 Å². The van der Waals surface area contributed by atoms with Crippen LogP contribution in [0.5, 0.6) is 0 Å². The van der Waals surface area contributed by atoms with E-state index < -0.39 is 0 Å². The van der Waals surface area contributed by atoms with E-state index in [0.717, 1.165) is 0 Å². The van der Waals surface area contributed by atoms with Crippen LogP contribution in [0.1, 0.15) is 17.4 Å². The number of nitrogens with zero attached hydrogens (tertiary/aromatic N) is 2. The molecule has 1 amide bonds. The maximum Gasteiger partial charge on any atom is 0.272 e. The number of aryl methyl sites for hydroxylation is 1. The molecule has 0 saturated heterocycles. The van der Waals surface area contributed by atoms with Crippen molar-refractivity contribution in [3.05, 3.63) is 35.4 Å². The van der Waals surface area contributed by atoms with Gasteiger partial charge in [0.2, 0.25) is 0 Å². The second-order valence-corrected chi connectivity index (χ2v) is 3.71. The molecule has 0 aliphatic carbocycles. The molecule has 2 N–H and O–H groups in total. The standard InChI is InChI=1S/C10H11ClN4O/c1-2-15-6-7(11)3-9(15)10(16)14-8-4-12-13-5-8/h3-6H,2H2,1H3,(H,12,13)(H,14,16). The maximum absolute atomic E-state index is 11.9. The van der Waals surface area contributed by atoms with Gasteiger partial charge in [-0.05, 0) is 13.0 Å². The van der Waals surface area contributed by atoms with Crippen LogP contribution in [0.4, 0.5) is 5.69 Å². The smallest absolute Gasteiger partial charge is 0.272 e. The van der Waals surface area contributed by atoms with Crippen LogP contribution < -0.4 is 5.32 Å². The molecule has 16 heavy (non-hydrogen) atoms. The first-order chi connectivity index (χ1) is 7.70. The third-order valence-corrected chi connectivity index (χ3v) is 2.40. The van der Waals surface area contributed by atoms with Crippen LogP contribution >= 0.6 is 11.6 Å². The third-order valence-electron chi connectivity index (χ3n) is 2.19. The maximum atomic E-state index is 11.9. The lowest BCUT2D eigenvalue weighted by Gasteiger charge is -2.05. The van der Waals surface area contributed by atoms with Gasteiger partial charge in [0.05, 0.1) is 16.9 Å². The van der Waals surface area contributed by atoms with E-state index in [1.54, 1.807) is 29.2 Å². The summed E-state index contributed by atoms with van der Waals surface area (Å²) in [5.41, 5.74) is 1.17. The highest BCUT2D eigenvalue weighted by atomic mass is 35.5. The first-order valence-electron chi connectivity index (χ1n) is 4.86. The van der Waals surface area contributed by atoms with E-state index in [1.807, 2.05) is 6.92 Å². The third kappa shape index (κ3) is 2.09. The number of H-pyrrole nitrogens is 1. The van der Waals surface area contributed by atoms with E-state index in [9.17, 15) is 4.79 Å². The zero-order chi connectivity index (χ0) is 11.5. The summed E-state index contributed by atoms with van der Waals surface area (Å²) in [6.45, 7) is 2.64. The van der Waals surface area contributed by atoms with Gasteiger partial charge in [-0.25, -0.2) is 0 Å². The van der Waals surface area contributed by atoms with Crippen LogP contribution in [0.15, 0.2) is 24.7 Å². The average molecular weight is 239 g/mol. The molecule has 5 nitrogen and oxygen atoms in total. The normalized spacial score (nSPS) is 10.4. The topological polar surface area (TPSA) is 62.7 Å². The first-order valence-corrected chi connectivity index (χ1v) is 5.24. The van der Waals surface area contributed by atoms with Gasteiger partial charge in [0.1, 0.15) is 5.69 Å². The molecule has 0 radical (unpaired) electrons. The number of carbonyl (C=O) groups excluding carboxylic acids is 1. The Morgan fingerprint density at radius 2 is 2.50 bits per heavy atom. The van der Waals surface area contributed by atoms with Crippen LogP contribution in [0, 0.1) is 0 Å². The molecule has 0 unspecified atom stereocenters. The number of carbonyl (C=O) groups is 1. The lowest BCUT2D eigenvalue weighted by molar-refractivity contribution is 0.101. The lowest BCUT2D eigenvalue weighted by Crippen LogP contribution is -2.15. The summed E-state index contributed by atoms with van der Waals surface area (Å²) in [5, 5.41) is 9.64. The molecule has 0 spiro atoms. The van der Waals surface area contributed by atoms with E-state index in [2.05, 4.69) is 15.5 Å². The van der Waals surface area contributed by atoms with Crippen LogP contribution in [0.2, 0.25) is 5.02 Å². The molecule has 2 heterocycles. The highest BCUT2D eigenvalue weighted by Gasteiger charge is 2.12. The molecule has 0 fully saturated rings. The predicted octanol–water partition coefficient (Wildman–Crippen LogP) is 2.14. The van der Waals surface area contributed by atoms with Gasteiger partial charge >= 0.3 is 0 Å². The Hall–Kier alpha value is -1.75. The minimum atomic E-state index is -0.199. The minimum Gasteiger partial charge on any atom is -0.342 e. The summed E-state index contributed by atoms with van der Waals surface area (Å²) >= 11 is 5.85.